The highest BCUT2D eigenvalue weighted by atomic mass is 16.3. The summed E-state index contributed by atoms with van der Waals surface area (Å²) in [4.78, 5) is 14.8. The Kier molecular flexibility index (Phi) is 5.43. The van der Waals surface area contributed by atoms with Crippen molar-refractivity contribution in [1.82, 2.24) is 15.0 Å². The third-order valence-corrected chi connectivity index (χ3v) is 8.14. The summed E-state index contributed by atoms with van der Waals surface area (Å²) in [7, 11) is 0. The normalized spacial score (nSPS) is 11.6. The molecule has 0 fully saturated rings. The van der Waals surface area contributed by atoms with E-state index in [1.54, 1.807) is 0 Å². The lowest BCUT2D eigenvalue weighted by molar-refractivity contribution is 0.668. The Balaban J connectivity index is 1.22. The molecule has 0 bridgehead atoms. The van der Waals surface area contributed by atoms with Crippen LogP contribution in [0.1, 0.15) is 0 Å². The minimum Gasteiger partial charge on any atom is -0.456 e. The molecule has 0 aliphatic carbocycles. The number of fused-ring (bicyclic) bond motifs is 6. The Morgan fingerprint density at radius 2 is 0.864 bits per heavy atom. The van der Waals surface area contributed by atoms with Gasteiger partial charge in [-0.15, -0.1) is 0 Å². The van der Waals surface area contributed by atoms with Gasteiger partial charge in [0.25, 0.3) is 0 Å². The Bertz CT molecular complexity index is 2500. The minimum atomic E-state index is 0.573. The van der Waals surface area contributed by atoms with E-state index in [9.17, 15) is 0 Å². The van der Waals surface area contributed by atoms with Crippen LogP contribution in [0.2, 0.25) is 0 Å². The molecule has 0 N–H and O–H groups in total. The molecule has 3 aromatic heterocycles. The van der Waals surface area contributed by atoms with E-state index in [2.05, 4.69) is 54.6 Å². The maximum Gasteiger partial charge on any atom is 0.164 e. The third kappa shape index (κ3) is 3.98. The summed E-state index contributed by atoms with van der Waals surface area (Å²) < 4.78 is 12.6. The van der Waals surface area contributed by atoms with Crippen LogP contribution in [0.25, 0.3) is 89.2 Å². The zero-order valence-corrected chi connectivity index (χ0v) is 23.4. The van der Waals surface area contributed by atoms with Gasteiger partial charge in [-0.1, -0.05) is 103 Å². The summed E-state index contributed by atoms with van der Waals surface area (Å²) in [5.74, 6) is 1.75. The molecule has 206 valence electrons. The lowest BCUT2D eigenvalue weighted by atomic mass is 9.99. The van der Waals surface area contributed by atoms with Crippen LogP contribution in [0.5, 0.6) is 0 Å². The molecule has 5 heteroatoms. The van der Waals surface area contributed by atoms with E-state index >= 15 is 0 Å². The zero-order chi connectivity index (χ0) is 29.0. The first-order valence-electron chi connectivity index (χ1n) is 14.5. The van der Waals surface area contributed by atoms with E-state index < -0.39 is 0 Å². The largest absolute Gasteiger partial charge is 0.456 e. The highest BCUT2D eigenvalue weighted by Crippen LogP contribution is 2.38. The van der Waals surface area contributed by atoms with Crippen molar-refractivity contribution in [3.63, 3.8) is 0 Å². The average molecular weight is 566 g/mol. The van der Waals surface area contributed by atoms with Crippen molar-refractivity contribution in [3.05, 3.63) is 140 Å². The topological polar surface area (TPSA) is 65.0 Å². The molecule has 6 aromatic carbocycles. The van der Waals surface area contributed by atoms with E-state index in [1.165, 1.54) is 0 Å². The van der Waals surface area contributed by atoms with Crippen LogP contribution in [-0.2, 0) is 0 Å². The zero-order valence-electron chi connectivity index (χ0n) is 23.4. The fourth-order valence-electron chi connectivity index (χ4n) is 6.04. The van der Waals surface area contributed by atoms with E-state index in [0.717, 1.165) is 71.7 Å². The maximum absolute atomic E-state index is 6.40. The quantitative estimate of drug-likeness (QED) is 0.212. The first kappa shape index (κ1) is 24.5. The van der Waals surface area contributed by atoms with Gasteiger partial charge in [-0.05, 0) is 47.5 Å². The molecule has 0 saturated carbocycles. The van der Waals surface area contributed by atoms with E-state index in [4.69, 9.17) is 23.8 Å². The Morgan fingerprint density at radius 1 is 0.341 bits per heavy atom. The monoisotopic (exact) mass is 565 g/mol. The summed E-state index contributed by atoms with van der Waals surface area (Å²) in [6.45, 7) is 0. The summed E-state index contributed by atoms with van der Waals surface area (Å²) in [5.41, 5.74) is 8.20. The lowest BCUT2D eigenvalue weighted by Crippen LogP contribution is -2.00. The summed E-state index contributed by atoms with van der Waals surface area (Å²) in [6.07, 6.45) is 0. The van der Waals surface area contributed by atoms with Crippen LogP contribution in [-0.4, -0.2) is 15.0 Å². The predicted octanol–water partition coefficient (Wildman–Crippen LogP) is 10.3. The molecular formula is C39H23N3O2. The van der Waals surface area contributed by atoms with Crippen LogP contribution in [0.15, 0.2) is 148 Å². The Hall–Kier alpha value is -6.07. The SMILES string of the molecule is c1ccc(-c2nc(-c3ccc4c(c3)oc3ccccc34)nc(-c3ccc4c(c3)oc3cccc(-c5ccccc5)c34)n2)cc1. The van der Waals surface area contributed by atoms with Crippen LogP contribution in [0.4, 0.5) is 0 Å². The van der Waals surface area contributed by atoms with E-state index in [-0.39, 0.29) is 0 Å². The summed E-state index contributed by atoms with van der Waals surface area (Å²) in [6, 6.07) is 47.0. The highest BCUT2D eigenvalue weighted by molar-refractivity contribution is 6.13. The molecule has 0 atom stereocenters. The van der Waals surface area contributed by atoms with Gasteiger partial charge in [0.1, 0.15) is 22.3 Å². The van der Waals surface area contributed by atoms with Crippen molar-refractivity contribution in [1.29, 1.82) is 0 Å². The van der Waals surface area contributed by atoms with Gasteiger partial charge in [0.15, 0.2) is 17.5 Å². The van der Waals surface area contributed by atoms with Crippen LogP contribution in [0, 0.1) is 0 Å². The van der Waals surface area contributed by atoms with Gasteiger partial charge in [0.2, 0.25) is 0 Å². The van der Waals surface area contributed by atoms with Crippen molar-refractivity contribution >= 4 is 43.9 Å². The van der Waals surface area contributed by atoms with Gasteiger partial charge >= 0.3 is 0 Å². The van der Waals surface area contributed by atoms with Gasteiger partial charge in [0, 0.05) is 38.2 Å². The molecule has 0 spiro atoms. The van der Waals surface area contributed by atoms with Gasteiger partial charge in [-0.25, -0.2) is 15.0 Å². The molecule has 0 saturated heterocycles. The number of hydrogen-bond acceptors (Lipinski definition) is 5. The summed E-state index contributed by atoms with van der Waals surface area (Å²) >= 11 is 0. The smallest absolute Gasteiger partial charge is 0.164 e. The van der Waals surface area contributed by atoms with Crippen LogP contribution < -0.4 is 0 Å². The second-order valence-corrected chi connectivity index (χ2v) is 10.8. The minimum absolute atomic E-state index is 0.573. The molecule has 9 rings (SSSR count). The average Bonchev–Trinajstić information content (AvgIpc) is 3.66. The number of benzene rings is 6. The van der Waals surface area contributed by atoms with Gasteiger partial charge in [0.05, 0.1) is 0 Å². The molecule has 3 heterocycles. The Labute approximate surface area is 252 Å². The van der Waals surface area contributed by atoms with Gasteiger partial charge < -0.3 is 8.83 Å². The van der Waals surface area contributed by atoms with Crippen molar-refractivity contribution in [2.24, 2.45) is 0 Å². The summed E-state index contributed by atoms with van der Waals surface area (Å²) in [5, 5.41) is 4.30. The first-order chi connectivity index (χ1) is 21.8. The number of aromatic nitrogens is 3. The van der Waals surface area contributed by atoms with Gasteiger partial charge in [-0.3, -0.25) is 0 Å². The molecule has 0 amide bonds. The second-order valence-electron chi connectivity index (χ2n) is 10.8. The van der Waals surface area contributed by atoms with E-state index in [0.29, 0.717) is 17.5 Å². The number of nitrogens with zero attached hydrogens (tertiary/aromatic N) is 3. The fourth-order valence-corrected chi connectivity index (χ4v) is 6.04. The molecule has 0 aliphatic rings. The fraction of sp³-hybridized carbons (Fsp3) is 0. The van der Waals surface area contributed by atoms with Crippen LogP contribution >= 0.6 is 0 Å². The van der Waals surface area contributed by atoms with Gasteiger partial charge in [-0.2, -0.15) is 0 Å². The standard InChI is InChI=1S/C39H23N3O2/c1-3-10-24(11-4-1)28-15-9-17-33-36(28)31-21-19-27(23-35(31)44-33)39-41-37(25-12-5-2-6-13-25)40-38(42-39)26-18-20-30-29-14-7-8-16-32(29)43-34(30)22-26/h1-23H. The van der Waals surface area contributed by atoms with Crippen LogP contribution in [0.3, 0.4) is 0 Å². The number of furan rings is 2. The second kappa shape index (κ2) is 9.75. The number of para-hydroxylation sites is 1. The molecule has 0 aliphatic heterocycles. The molecule has 44 heavy (non-hydrogen) atoms. The number of rotatable bonds is 4. The third-order valence-electron chi connectivity index (χ3n) is 8.14. The molecule has 0 radical (unpaired) electrons. The van der Waals surface area contributed by atoms with Crippen molar-refractivity contribution in [2.45, 2.75) is 0 Å². The molecule has 5 nitrogen and oxygen atoms in total. The lowest BCUT2D eigenvalue weighted by Gasteiger charge is -2.08. The predicted molar refractivity (Wildman–Crippen MR) is 176 cm³/mol. The van der Waals surface area contributed by atoms with Crippen molar-refractivity contribution < 1.29 is 8.83 Å². The molecule has 0 unspecified atom stereocenters. The van der Waals surface area contributed by atoms with Crippen molar-refractivity contribution in [2.75, 3.05) is 0 Å². The highest BCUT2D eigenvalue weighted by Gasteiger charge is 2.17. The maximum atomic E-state index is 6.40. The first-order valence-corrected chi connectivity index (χ1v) is 14.5. The molecule has 9 aromatic rings. The van der Waals surface area contributed by atoms with E-state index in [1.807, 2.05) is 84.9 Å². The molecular weight excluding hydrogens is 542 g/mol. The van der Waals surface area contributed by atoms with Crippen molar-refractivity contribution in [3.8, 4) is 45.3 Å². The number of hydrogen-bond donors (Lipinski definition) is 0. The Morgan fingerprint density at radius 3 is 1.59 bits per heavy atom.